The van der Waals surface area contributed by atoms with Gasteiger partial charge in [-0.05, 0) is 82.5 Å². The predicted molar refractivity (Wildman–Crippen MR) is 122 cm³/mol. The summed E-state index contributed by atoms with van der Waals surface area (Å²) >= 11 is 0. The van der Waals surface area contributed by atoms with Gasteiger partial charge in [0.25, 0.3) is 0 Å². The molecule has 9 nitrogen and oxygen atoms in total. The number of halogens is 2. The van der Waals surface area contributed by atoms with Gasteiger partial charge in [0.2, 0.25) is 5.91 Å². The van der Waals surface area contributed by atoms with Crippen molar-refractivity contribution in [3.8, 4) is 0 Å². The van der Waals surface area contributed by atoms with Gasteiger partial charge in [-0.15, -0.1) is 0 Å². The topological polar surface area (TPSA) is 127 Å². The zero-order chi connectivity index (χ0) is 26.7. The second kappa shape index (κ2) is 8.09. The first kappa shape index (κ1) is 25.5. The highest BCUT2D eigenvalue weighted by atomic mass is 32.2. The smallest absolute Gasteiger partial charge is 0.402 e. The molecule has 6 aliphatic carbocycles. The quantitative estimate of drug-likeness (QED) is 0.382. The van der Waals surface area contributed by atoms with Crippen LogP contribution in [-0.4, -0.2) is 65.8 Å². The lowest BCUT2D eigenvalue weighted by molar-refractivity contribution is -0.185. The highest BCUT2D eigenvalue weighted by molar-refractivity contribution is 7.86. The molecule has 0 aromatic carbocycles. The minimum atomic E-state index is -5.78. The Morgan fingerprint density at radius 1 is 1.08 bits per heavy atom. The number of esters is 2. The van der Waals surface area contributed by atoms with E-state index in [1.807, 2.05) is 13.8 Å². The number of hydrogen-bond acceptors (Lipinski definition) is 7. The van der Waals surface area contributed by atoms with Crippen molar-refractivity contribution in [1.29, 1.82) is 0 Å². The van der Waals surface area contributed by atoms with Crippen LogP contribution in [0, 0.1) is 46.8 Å². The maximum Gasteiger partial charge on any atom is 0.402 e. The number of alkyl halides is 2. The molecule has 1 N–H and O–H groups in total. The standard InChI is InChI=1S/C25H33F2NO8S/c1-11(2)28-19-15-6-16(18(17(15)21(28)29)22(30)35-10-25(26,27)37(32,33)34)20(19)36-23(31)24-7-12-3-13(8-24)5-14(4-12)9-24/h11-20H,3-10H2,1-2H3,(H,32,33,34). The number of carbonyl (C=O) groups is 3. The van der Waals surface area contributed by atoms with E-state index < -0.39 is 57.2 Å². The third kappa shape index (κ3) is 3.67. The summed E-state index contributed by atoms with van der Waals surface area (Å²) in [5, 5.41) is -4.67. The Hall–Kier alpha value is -1.82. The van der Waals surface area contributed by atoms with Crippen molar-refractivity contribution in [3.05, 3.63) is 0 Å². The summed E-state index contributed by atoms with van der Waals surface area (Å²) in [6.45, 7) is 1.83. The average Bonchev–Trinajstić information content (AvgIpc) is 3.38. The van der Waals surface area contributed by atoms with E-state index in [0.717, 1.165) is 38.5 Å². The Morgan fingerprint density at radius 3 is 2.16 bits per heavy atom. The summed E-state index contributed by atoms with van der Waals surface area (Å²) in [5.74, 6) is -2.91. The molecule has 12 heteroatoms. The van der Waals surface area contributed by atoms with Gasteiger partial charge in [-0.2, -0.15) is 17.2 Å². The molecule has 0 spiro atoms. The molecule has 1 aliphatic heterocycles. The van der Waals surface area contributed by atoms with Crippen LogP contribution >= 0.6 is 0 Å². The van der Waals surface area contributed by atoms with E-state index >= 15 is 0 Å². The van der Waals surface area contributed by atoms with Crippen LogP contribution in [0.2, 0.25) is 0 Å². The lowest BCUT2D eigenvalue weighted by Gasteiger charge is -2.55. The maximum absolute atomic E-state index is 13.8. The fourth-order valence-corrected chi connectivity index (χ4v) is 9.57. The lowest BCUT2D eigenvalue weighted by Crippen LogP contribution is -2.54. The van der Waals surface area contributed by atoms with Gasteiger partial charge < -0.3 is 14.4 Å². The van der Waals surface area contributed by atoms with E-state index in [2.05, 4.69) is 4.74 Å². The maximum atomic E-state index is 13.8. The minimum Gasteiger partial charge on any atom is -0.459 e. The largest absolute Gasteiger partial charge is 0.459 e. The van der Waals surface area contributed by atoms with Gasteiger partial charge in [0, 0.05) is 12.0 Å². The molecule has 6 atom stereocenters. The molecular formula is C25H33F2NO8S. The monoisotopic (exact) mass is 545 g/mol. The normalized spacial score (nSPS) is 43.7. The van der Waals surface area contributed by atoms with Crippen molar-refractivity contribution in [2.24, 2.45) is 46.8 Å². The van der Waals surface area contributed by atoms with Gasteiger partial charge in [-0.1, -0.05) is 0 Å². The molecule has 206 valence electrons. The molecular weight excluding hydrogens is 512 g/mol. The zero-order valence-corrected chi connectivity index (χ0v) is 21.7. The highest BCUT2D eigenvalue weighted by Gasteiger charge is 2.72. The first-order valence-electron chi connectivity index (χ1n) is 13.3. The summed E-state index contributed by atoms with van der Waals surface area (Å²) in [6, 6.07) is -0.605. The molecule has 0 radical (unpaired) electrons. The van der Waals surface area contributed by atoms with Crippen LogP contribution in [0.4, 0.5) is 8.78 Å². The highest BCUT2D eigenvalue weighted by Crippen LogP contribution is 2.63. The molecule has 7 aliphatic rings. The average molecular weight is 546 g/mol. The van der Waals surface area contributed by atoms with Crippen molar-refractivity contribution in [1.82, 2.24) is 4.90 Å². The van der Waals surface area contributed by atoms with Crippen molar-refractivity contribution in [2.75, 3.05) is 6.61 Å². The summed E-state index contributed by atoms with van der Waals surface area (Å²) in [5.41, 5.74) is -0.533. The predicted octanol–water partition coefficient (Wildman–Crippen LogP) is 2.64. The summed E-state index contributed by atoms with van der Waals surface area (Å²) in [7, 11) is -5.78. The molecule has 6 unspecified atom stereocenters. The van der Waals surface area contributed by atoms with E-state index in [1.165, 1.54) is 0 Å². The Kier molecular flexibility index (Phi) is 5.57. The van der Waals surface area contributed by atoms with Gasteiger partial charge in [0.1, 0.15) is 6.10 Å². The number of ether oxygens (including phenoxy) is 2. The molecule has 1 saturated heterocycles. The molecule has 37 heavy (non-hydrogen) atoms. The Balaban J connectivity index is 1.25. The van der Waals surface area contributed by atoms with Gasteiger partial charge in [-0.3, -0.25) is 18.9 Å². The van der Waals surface area contributed by atoms with Gasteiger partial charge in [-0.25, -0.2) is 0 Å². The number of rotatable bonds is 7. The van der Waals surface area contributed by atoms with Crippen LogP contribution in [0.5, 0.6) is 0 Å². The molecule has 7 fully saturated rings. The van der Waals surface area contributed by atoms with Crippen molar-refractivity contribution in [3.63, 3.8) is 0 Å². The Labute approximate surface area is 214 Å². The summed E-state index contributed by atoms with van der Waals surface area (Å²) in [4.78, 5) is 41.8. The number of likely N-dealkylation sites (tertiary alicyclic amines) is 1. The Morgan fingerprint density at radius 2 is 1.65 bits per heavy atom. The summed E-state index contributed by atoms with van der Waals surface area (Å²) in [6.07, 6.45) is 5.53. The van der Waals surface area contributed by atoms with Gasteiger partial charge in [0.05, 0.1) is 23.3 Å². The fourth-order valence-electron chi connectivity index (χ4n) is 9.36. The van der Waals surface area contributed by atoms with E-state index in [4.69, 9.17) is 9.29 Å². The van der Waals surface area contributed by atoms with E-state index in [0.29, 0.717) is 24.2 Å². The first-order chi connectivity index (χ1) is 17.2. The second-order valence-corrected chi connectivity index (χ2v) is 14.3. The van der Waals surface area contributed by atoms with Crippen LogP contribution in [0.1, 0.15) is 58.8 Å². The van der Waals surface area contributed by atoms with Crippen molar-refractivity contribution < 1.29 is 45.6 Å². The molecule has 0 aromatic rings. The van der Waals surface area contributed by atoms with Crippen molar-refractivity contribution >= 4 is 28.0 Å². The number of fused-ring (bicyclic) bond motifs is 1. The first-order valence-corrected chi connectivity index (χ1v) is 14.7. The zero-order valence-electron chi connectivity index (χ0n) is 20.8. The third-order valence-electron chi connectivity index (χ3n) is 10.2. The second-order valence-electron chi connectivity index (χ2n) is 12.7. The molecule has 7 rings (SSSR count). The minimum absolute atomic E-state index is 0.219. The summed E-state index contributed by atoms with van der Waals surface area (Å²) < 4.78 is 69.0. The van der Waals surface area contributed by atoms with Crippen LogP contribution in [0.25, 0.3) is 0 Å². The molecule has 6 bridgehead atoms. The number of carbonyl (C=O) groups excluding carboxylic acids is 3. The van der Waals surface area contributed by atoms with Crippen LogP contribution in [0.3, 0.4) is 0 Å². The molecule has 1 heterocycles. The molecule has 6 saturated carbocycles. The fraction of sp³-hybridized carbons (Fsp3) is 0.880. The SMILES string of the molecule is CC(C)N1C(=O)C2C3CC(C(OC(=O)C45CC6CC(CC(C6)C4)C5)C31)C2C(=O)OCC(F)(F)S(=O)(=O)O. The lowest BCUT2D eigenvalue weighted by atomic mass is 9.49. The van der Waals surface area contributed by atoms with E-state index in [-0.39, 0.29) is 29.9 Å². The Bertz CT molecular complexity index is 1100. The van der Waals surface area contributed by atoms with Crippen LogP contribution in [0.15, 0.2) is 0 Å². The number of nitrogens with zero attached hydrogens (tertiary/aromatic N) is 1. The van der Waals surface area contributed by atoms with Gasteiger partial charge in [0.15, 0.2) is 6.61 Å². The van der Waals surface area contributed by atoms with Crippen molar-refractivity contribution in [2.45, 2.75) is 82.2 Å². The molecule has 0 aromatic heterocycles. The van der Waals surface area contributed by atoms with Gasteiger partial charge >= 0.3 is 27.3 Å². The molecule has 1 amide bonds. The van der Waals surface area contributed by atoms with Crippen LogP contribution in [-0.2, 0) is 34.0 Å². The number of hydrogen-bond donors (Lipinski definition) is 1. The van der Waals surface area contributed by atoms with E-state index in [1.54, 1.807) is 4.90 Å². The van der Waals surface area contributed by atoms with Crippen LogP contribution < -0.4 is 0 Å². The van der Waals surface area contributed by atoms with E-state index in [9.17, 15) is 31.6 Å². The number of amides is 1. The third-order valence-corrected chi connectivity index (χ3v) is 11.1.